The summed E-state index contributed by atoms with van der Waals surface area (Å²) in [6.45, 7) is 5.74. The molecule has 1 aliphatic carbocycles. The van der Waals surface area contributed by atoms with Crippen LogP contribution in [0.2, 0.25) is 29.7 Å². The van der Waals surface area contributed by atoms with Gasteiger partial charge in [0.05, 0.1) is 0 Å². The number of hydrogen-bond acceptors (Lipinski definition) is 6. The Labute approximate surface area is 163 Å². The molecule has 1 saturated carbocycles. The SMILES string of the molecule is C[Si](C)(C)O[C@@]1(Oc2c(Cl)c(Cl)c(O)c(C#N)c2C#N)CCCCC1=O. The quantitative estimate of drug-likeness (QED) is 0.575. The van der Waals surface area contributed by atoms with Crippen molar-refractivity contribution in [1.29, 1.82) is 10.5 Å². The number of phenols is 1. The zero-order valence-electron chi connectivity index (χ0n) is 14.7. The Hall–Kier alpha value is -1.77. The largest absolute Gasteiger partial charge is 0.505 e. The molecule has 0 heterocycles. The van der Waals surface area contributed by atoms with Crippen molar-refractivity contribution in [2.24, 2.45) is 0 Å². The number of rotatable bonds is 4. The Morgan fingerprint density at radius 3 is 2.23 bits per heavy atom. The Balaban J connectivity index is 2.67. The highest BCUT2D eigenvalue weighted by Gasteiger charge is 2.47. The van der Waals surface area contributed by atoms with Crippen LogP contribution < -0.4 is 4.74 Å². The number of hydrogen-bond donors (Lipinski definition) is 1. The first-order chi connectivity index (χ1) is 12.1. The van der Waals surface area contributed by atoms with Crippen molar-refractivity contribution in [2.75, 3.05) is 0 Å². The average molecular weight is 413 g/mol. The van der Waals surface area contributed by atoms with Crippen molar-refractivity contribution in [3.8, 4) is 23.6 Å². The Morgan fingerprint density at radius 2 is 1.73 bits per heavy atom. The van der Waals surface area contributed by atoms with Crippen molar-refractivity contribution < 1.29 is 19.1 Å². The Morgan fingerprint density at radius 1 is 1.12 bits per heavy atom. The second kappa shape index (κ2) is 7.46. The molecule has 0 amide bonds. The molecule has 138 valence electrons. The zero-order valence-corrected chi connectivity index (χ0v) is 17.2. The summed E-state index contributed by atoms with van der Waals surface area (Å²) in [5.41, 5.74) is -0.639. The Bertz CT molecular complexity index is 839. The van der Waals surface area contributed by atoms with E-state index in [-0.39, 0.29) is 39.1 Å². The number of benzene rings is 1. The van der Waals surface area contributed by atoms with Gasteiger partial charge in [-0.25, -0.2) is 0 Å². The summed E-state index contributed by atoms with van der Waals surface area (Å²) < 4.78 is 12.0. The third kappa shape index (κ3) is 3.82. The number of phenolic OH excluding ortho intramolecular Hbond substituents is 1. The first-order valence-corrected chi connectivity index (χ1v) is 12.2. The van der Waals surface area contributed by atoms with Crippen LogP contribution in [0.25, 0.3) is 0 Å². The number of carbonyl (C=O) groups excluding carboxylic acids is 1. The maximum atomic E-state index is 12.7. The molecule has 9 heteroatoms. The molecule has 1 atom stereocenters. The van der Waals surface area contributed by atoms with E-state index in [4.69, 9.17) is 32.4 Å². The summed E-state index contributed by atoms with van der Waals surface area (Å²) >= 11 is 12.2. The van der Waals surface area contributed by atoms with Crippen LogP contribution in [0.1, 0.15) is 36.8 Å². The van der Waals surface area contributed by atoms with Gasteiger partial charge in [-0.1, -0.05) is 23.2 Å². The van der Waals surface area contributed by atoms with Gasteiger partial charge < -0.3 is 14.3 Å². The van der Waals surface area contributed by atoms with Crippen LogP contribution in [-0.2, 0) is 9.22 Å². The van der Waals surface area contributed by atoms with E-state index in [2.05, 4.69) is 0 Å². The molecule has 0 unspecified atom stereocenters. The van der Waals surface area contributed by atoms with Gasteiger partial charge in [-0.3, -0.25) is 4.79 Å². The highest BCUT2D eigenvalue weighted by Crippen LogP contribution is 2.46. The van der Waals surface area contributed by atoms with Gasteiger partial charge in [0, 0.05) is 12.8 Å². The Kier molecular flexibility index (Phi) is 5.89. The molecule has 1 N–H and O–H groups in total. The number of nitrogens with zero attached hydrogens (tertiary/aromatic N) is 2. The van der Waals surface area contributed by atoms with Crippen LogP contribution in [-0.4, -0.2) is 25.0 Å². The molecule has 0 aromatic heterocycles. The summed E-state index contributed by atoms with van der Waals surface area (Å²) in [4.78, 5) is 12.7. The summed E-state index contributed by atoms with van der Waals surface area (Å²) in [6, 6.07) is 3.52. The topological polar surface area (TPSA) is 103 Å². The lowest BCUT2D eigenvalue weighted by molar-refractivity contribution is -0.173. The fourth-order valence-electron chi connectivity index (χ4n) is 2.84. The number of halogens is 2. The second-order valence-corrected chi connectivity index (χ2v) is 12.2. The van der Waals surface area contributed by atoms with Crippen LogP contribution in [0.5, 0.6) is 11.5 Å². The van der Waals surface area contributed by atoms with Crippen LogP contribution in [0.4, 0.5) is 0 Å². The van der Waals surface area contributed by atoms with Crippen molar-refractivity contribution in [3.63, 3.8) is 0 Å². The predicted octanol–water partition coefficient (Wildman–Crippen LogP) is 4.51. The van der Waals surface area contributed by atoms with Crippen LogP contribution in [0.3, 0.4) is 0 Å². The second-order valence-electron chi connectivity index (χ2n) is 6.98. The molecule has 0 aliphatic heterocycles. The fourth-order valence-corrected chi connectivity index (χ4v) is 4.49. The minimum Gasteiger partial charge on any atom is -0.505 e. The number of ether oxygens (including phenoxy) is 1. The van der Waals surface area contributed by atoms with Gasteiger partial charge in [0.25, 0.3) is 5.79 Å². The van der Waals surface area contributed by atoms with E-state index in [1.54, 1.807) is 12.1 Å². The van der Waals surface area contributed by atoms with Crippen molar-refractivity contribution in [1.82, 2.24) is 0 Å². The van der Waals surface area contributed by atoms with E-state index < -0.39 is 19.9 Å². The summed E-state index contributed by atoms with van der Waals surface area (Å²) in [5, 5.41) is 28.2. The van der Waals surface area contributed by atoms with Gasteiger partial charge in [0.15, 0.2) is 19.8 Å². The number of ketones is 1. The smallest absolute Gasteiger partial charge is 0.261 e. The van der Waals surface area contributed by atoms with E-state index in [1.807, 2.05) is 19.6 Å². The first-order valence-electron chi connectivity index (χ1n) is 8.03. The highest BCUT2D eigenvalue weighted by atomic mass is 35.5. The third-order valence-electron chi connectivity index (χ3n) is 3.86. The highest BCUT2D eigenvalue weighted by molar-refractivity contribution is 6.70. The summed E-state index contributed by atoms with van der Waals surface area (Å²) in [5.74, 6) is -2.64. The lowest BCUT2D eigenvalue weighted by atomic mass is 9.92. The molecule has 0 bridgehead atoms. The molecule has 1 fully saturated rings. The van der Waals surface area contributed by atoms with E-state index >= 15 is 0 Å². The summed E-state index contributed by atoms with van der Waals surface area (Å²) in [7, 11) is -2.22. The fraction of sp³-hybridized carbons (Fsp3) is 0.471. The molecular formula is C17H18Cl2N2O4Si. The lowest BCUT2D eigenvalue weighted by Crippen LogP contribution is -2.54. The molecule has 26 heavy (non-hydrogen) atoms. The molecule has 0 radical (unpaired) electrons. The predicted molar refractivity (Wildman–Crippen MR) is 98.8 cm³/mol. The van der Waals surface area contributed by atoms with Crippen LogP contribution in [0.15, 0.2) is 0 Å². The van der Waals surface area contributed by atoms with Gasteiger partial charge in [-0.05, 0) is 32.5 Å². The van der Waals surface area contributed by atoms with Gasteiger partial charge in [-0.2, -0.15) is 10.5 Å². The van der Waals surface area contributed by atoms with Crippen molar-refractivity contribution in [3.05, 3.63) is 21.2 Å². The number of carbonyl (C=O) groups is 1. The summed E-state index contributed by atoms with van der Waals surface area (Å²) in [6.07, 6.45) is 2.00. The van der Waals surface area contributed by atoms with E-state index in [9.17, 15) is 20.4 Å². The molecule has 1 aliphatic rings. The number of Topliss-reactive ketones (excluding diaryl/α,β-unsaturated/α-hetero) is 1. The average Bonchev–Trinajstić information content (AvgIpc) is 2.56. The van der Waals surface area contributed by atoms with Gasteiger partial charge in [0.2, 0.25) is 5.78 Å². The van der Waals surface area contributed by atoms with Crippen LogP contribution in [0, 0.1) is 22.7 Å². The molecular weight excluding hydrogens is 395 g/mol. The van der Waals surface area contributed by atoms with E-state index in [0.717, 1.165) is 6.42 Å². The number of aromatic hydroxyl groups is 1. The van der Waals surface area contributed by atoms with Gasteiger partial charge in [0.1, 0.15) is 33.3 Å². The minimum absolute atomic E-state index is 0.220. The molecule has 2 rings (SSSR count). The first kappa shape index (κ1) is 20.5. The molecule has 1 aromatic carbocycles. The maximum Gasteiger partial charge on any atom is 0.261 e. The molecule has 6 nitrogen and oxygen atoms in total. The third-order valence-corrected chi connectivity index (χ3v) is 5.63. The van der Waals surface area contributed by atoms with Crippen molar-refractivity contribution >= 4 is 37.3 Å². The minimum atomic E-state index is -2.22. The standard InChI is InChI=1S/C17H18Cl2N2O4Si/c1-26(2,3)25-17(7-5-4-6-12(17)22)24-16-11(9-21)10(8-20)15(23)13(18)14(16)19/h23H,4-7H2,1-3H3/t17-/m0/s1. The zero-order chi connectivity index (χ0) is 19.7. The molecule has 0 saturated heterocycles. The van der Waals surface area contributed by atoms with Gasteiger partial charge >= 0.3 is 0 Å². The molecule has 0 spiro atoms. The van der Waals surface area contributed by atoms with Gasteiger partial charge in [-0.15, -0.1) is 0 Å². The van der Waals surface area contributed by atoms with Crippen molar-refractivity contribution in [2.45, 2.75) is 51.1 Å². The lowest BCUT2D eigenvalue weighted by Gasteiger charge is -2.40. The van der Waals surface area contributed by atoms with Crippen LogP contribution >= 0.6 is 23.2 Å². The molecule has 1 aromatic rings. The van der Waals surface area contributed by atoms with E-state index in [0.29, 0.717) is 12.8 Å². The maximum absolute atomic E-state index is 12.7. The van der Waals surface area contributed by atoms with E-state index in [1.165, 1.54) is 0 Å². The normalized spacial score (nSPS) is 20.3. The number of nitriles is 2. The monoisotopic (exact) mass is 412 g/mol.